The summed E-state index contributed by atoms with van der Waals surface area (Å²) in [6, 6.07) is 5.52. The normalized spacial score (nSPS) is 21.5. The van der Waals surface area contributed by atoms with Gasteiger partial charge in [-0.25, -0.2) is 0 Å². The Kier molecular flexibility index (Phi) is 5.23. The zero-order chi connectivity index (χ0) is 14.5. The predicted octanol–water partition coefficient (Wildman–Crippen LogP) is 1.46. The van der Waals surface area contributed by atoms with E-state index in [4.69, 9.17) is 14.2 Å². The predicted molar refractivity (Wildman–Crippen MR) is 76.4 cm³/mol. The van der Waals surface area contributed by atoms with Crippen LogP contribution in [-0.2, 0) is 4.74 Å². The van der Waals surface area contributed by atoms with Crippen molar-refractivity contribution in [3.05, 3.63) is 23.8 Å². The zero-order valence-electron chi connectivity index (χ0n) is 12.3. The van der Waals surface area contributed by atoms with Crippen LogP contribution in [0.1, 0.15) is 18.6 Å². The summed E-state index contributed by atoms with van der Waals surface area (Å²) in [5.41, 5.74) is 0.835. The zero-order valence-corrected chi connectivity index (χ0v) is 12.3. The molecule has 5 nitrogen and oxygen atoms in total. The summed E-state index contributed by atoms with van der Waals surface area (Å²) in [6.07, 6.45) is -0.318. The molecule has 0 bridgehead atoms. The molecule has 1 aromatic carbocycles. The Morgan fingerprint density at radius 3 is 2.75 bits per heavy atom. The molecule has 0 saturated carbocycles. The molecule has 1 fully saturated rings. The number of nitrogens with zero attached hydrogens (tertiary/aromatic N) is 1. The van der Waals surface area contributed by atoms with Gasteiger partial charge in [-0.1, -0.05) is 6.07 Å². The monoisotopic (exact) mass is 281 g/mol. The van der Waals surface area contributed by atoms with E-state index in [0.29, 0.717) is 18.0 Å². The maximum Gasteiger partial charge on any atom is 0.161 e. The molecule has 1 N–H and O–H groups in total. The summed E-state index contributed by atoms with van der Waals surface area (Å²) in [5.74, 6) is 1.31. The van der Waals surface area contributed by atoms with Crippen molar-refractivity contribution in [2.24, 2.45) is 0 Å². The fraction of sp³-hybridized carbons (Fsp3) is 0.600. The molecule has 0 aliphatic carbocycles. The lowest BCUT2D eigenvalue weighted by atomic mass is 10.1. The van der Waals surface area contributed by atoms with Crippen LogP contribution >= 0.6 is 0 Å². The molecule has 1 aliphatic rings. The van der Waals surface area contributed by atoms with Crippen LogP contribution in [0.3, 0.4) is 0 Å². The first kappa shape index (κ1) is 15.1. The Balaban J connectivity index is 2.03. The molecule has 112 valence electrons. The highest BCUT2D eigenvalue weighted by atomic mass is 16.5. The Labute approximate surface area is 120 Å². The standard InChI is InChI=1S/C15H23NO4/c1-11-9-16(6-7-20-11)10-13(17)12-4-5-14(18-2)15(8-12)19-3/h4-5,8,11,13,17H,6-7,9-10H2,1-3H3. The van der Waals surface area contributed by atoms with E-state index in [2.05, 4.69) is 11.8 Å². The highest BCUT2D eigenvalue weighted by Crippen LogP contribution is 2.30. The van der Waals surface area contributed by atoms with Crippen LogP contribution in [0.25, 0.3) is 0 Å². The van der Waals surface area contributed by atoms with Crippen LogP contribution < -0.4 is 9.47 Å². The number of hydrogen-bond donors (Lipinski definition) is 1. The van der Waals surface area contributed by atoms with Crippen molar-refractivity contribution in [2.75, 3.05) is 40.5 Å². The van der Waals surface area contributed by atoms with Crippen LogP contribution in [-0.4, -0.2) is 56.6 Å². The summed E-state index contributed by atoms with van der Waals surface area (Å²) in [7, 11) is 3.20. The Bertz CT molecular complexity index is 438. The van der Waals surface area contributed by atoms with E-state index >= 15 is 0 Å². The number of aliphatic hydroxyl groups excluding tert-OH is 1. The molecule has 2 rings (SSSR count). The summed E-state index contributed by atoms with van der Waals surface area (Å²) >= 11 is 0. The van der Waals surface area contributed by atoms with E-state index in [-0.39, 0.29) is 6.10 Å². The number of hydrogen-bond acceptors (Lipinski definition) is 5. The highest BCUT2D eigenvalue weighted by Gasteiger charge is 2.20. The maximum atomic E-state index is 10.4. The minimum Gasteiger partial charge on any atom is -0.493 e. The van der Waals surface area contributed by atoms with Crippen molar-refractivity contribution in [2.45, 2.75) is 19.1 Å². The van der Waals surface area contributed by atoms with Gasteiger partial charge in [-0.15, -0.1) is 0 Å². The van der Waals surface area contributed by atoms with Crippen molar-refractivity contribution >= 4 is 0 Å². The van der Waals surface area contributed by atoms with Crippen molar-refractivity contribution < 1.29 is 19.3 Å². The number of rotatable bonds is 5. The summed E-state index contributed by atoms with van der Waals surface area (Å²) in [6.45, 7) is 5.08. The molecule has 2 unspecified atom stereocenters. The van der Waals surface area contributed by atoms with E-state index in [1.54, 1.807) is 14.2 Å². The number of methoxy groups -OCH3 is 2. The van der Waals surface area contributed by atoms with Gasteiger partial charge in [-0.2, -0.15) is 0 Å². The molecule has 0 radical (unpaired) electrons. The van der Waals surface area contributed by atoms with Crippen LogP contribution in [0.15, 0.2) is 18.2 Å². The van der Waals surface area contributed by atoms with Crippen molar-refractivity contribution in [3.8, 4) is 11.5 Å². The second-order valence-corrected chi connectivity index (χ2v) is 5.07. The molecule has 2 atom stereocenters. The highest BCUT2D eigenvalue weighted by molar-refractivity contribution is 5.43. The Morgan fingerprint density at radius 1 is 1.35 bits per heavy atom. The third kappa shape index (κ3) is 3.62. The first-order chi connectivity index (χ1) is 9.63. The van der Waals surface area contributed by atoms with Gasteiger partial charge in [-0.3, -0.25) is 4.90 Å². The molecule has 20 heavy (non-hydrogen) atoms. The van der Waals surface area contributed by atoms with Gasteiger partial charge in [0.1, 0.15) is 0 Å². The fourth-order valence-electron chi connectivity index (χ4n) is 2.47. The number of β-amino-alcohol motifs (C(OH)–C–C–N with tert-alkyl or cyclic N) is 1. The third-order valence-corrected chi connectivity index (χ3v) is 3.55. The first-order valence-corrected chi connectivity index (χ1v) is 6.88. The van der Waals surface area contributed by atoms with Gasteiger partial charge in [0.05, 0.1) is 33.0 Å². The smallest absolute Gasteiger partial charge is 0.161 e. The van der Waals surface area contributed by atoms with Gasteiger partial charge in [0.15, 0.2) is 11.5 Å². The lowest BCUT2D eigenvalue weighted by Crippen LogP contribution is -2.42. The molecule has 1 saturated heterocycles. The molecular formula is C15H23NO4. The summed E-state index contributed by atoms with van der Waals surface area (Å²) in [5, 5.41) is 10.4. The molecule has 1 aliphatic heterocycles. The second kappa shape index (κ2) is 6.92. The number of benzene rings is 1. The van der Waals surface area contributed by atoms with Gasteiger partial charge >= 0.3 is 0 Å². The van der Waals surface area contributed by atoms with E-state index in [1.807, 2.05) is 18.2 Å². The van der Waals surface area contributed by atoms with Gasteiger partial charge in [0, 0.05) is 19.6 Å². The molecule has 0 spiro atoms. The van der Waals surface area contributed by atoms with E-state index in [9.17, 15) is 5.11 Å². The van der Waals surface area contributed by atoms with E-state index < -0.39 is 6.10 Å². The van der Waals surface area contributed by atoms with Crippen LogP contribution in [0.5, 0.6) is 11.5 Å². The second-order valence-electron chi connectivity index (χ2n) is 5.07. The maximum absolute atomic E-state index is 10.4. The molecule has 0 aromatic heterocycles. The average molecular weight is 281 g/mol. The molecular weight excluding hydrogens is 258 g/mol. The molecule has 1 heterocycles. The summed E-state index contributed by atoms with van der Waals surface area (Å²) < 4.78 is 16.0. The van der Waals surface area contributed by atoms with Gasteiger partial charge < -0.3 is 19.3 Å². The topological polar surface area (TPSA) is 51.2 Å². The van der Waals surface area contributed by atoms with Crippen molar-refractivity contribution in [3.63, 3.8) is 0 Å². The Hall–Kier alpha value is -1.30. The largest absolute Gasteiger partial charge is 0.493 e. The van der Waals surface area contributed by atoms with Crippen LogP contribution in [0.4, 0.5) is 0 Å². The van der Waals surface area contributed by atoms with Crippen molar-refractivity contribution in [1.82, 2.24) is 4.90 Å². The van der Waals surface area contributed by atoms with Gasteiger partial charge in [0.25, 0.3) is 0 Å². The number of aliphatic hydroxyl groups is 1. The molecule has 0 amide bonds. The fourth-order valence-corrected chi connectivity index (χ4v) is 2.47. The quantitative estimate of drug-likeness (QED) is 0.885. The minimum absolute atomic E-state index is 0.223. The van der Waals surface area contributed by atoms with E-state index in [1.165, 1.54) is 0 Å². The number of ether oxygens (including phenoxy) is 3. The minimum atomic E-state index is -0.542. The van der Waals surface area contributed by atoms with Gasteiger partial charge in [0.2, 0.25) is 0 Å². The first-order valence-electron chi connectivity index (χ1n) is 6.88. The average Bonchev–Trinajstić information content (AvgIpc) is 2.46. The van der Waals surface area contributed by atoms with E-state index in [0.717, 1.165) is 25.3 Å². The lowest BCUT2D eigenvalue weighted by molar-refractivity contribution is -0.0319. The Morgan fingerprint density at radius 2 is 2.10 bits per heavy atom. The number of morpholine rings is 1. The SMILES string of the molecule is COc1ccc(C(O)CN2CCOC(C)C2)cc1OC. The van der Waals surface area contributed by atoms with Crippen molar-refractivity contribution in [1.29, 1.82) is 0 Å². The third-order valence-electron chi connectivity index (χ3n) is 3.55. The summed E-state index contributed by atoms with van der Waals surface area (Å²) in [4.78, 5) is 2.22. The van der Waals surface area contributed by atoms with Gasteiger partial charge in [-0.05, 0) is 24.6 Å². The van der Waals surface area contributed by atoms with Crippen LogP contribution in [0, 0.1) is 0 Å². The van der Waals surface area contributed by atoms with Crippen LogP contribution in [0.2, 0.25) is 0 Å². The molecule has 5 heteroatoms. The lowest BCUT2D eigenvalue weighted by Gasteiger charge is -2.32. The molecule has 1 aromatic rings.